The number of hydrogen-bond acceptors (Lipinski definition) is 9. The predicted molar refractivity (Wildman–Crippen MR) is 124 cm³/mol. The largest absolute Gasteiger partial charge is 0.341 e. The number of nitrogens with zero attached hydrogens (tertiary/aromatic N) is 9. The molecule has 2 aromatic rings. The third-order valence-corrected chi connectivity index (χ3v) is 5.77. The Morgan fingerprint density at radius 1 is 1.26 bits per heavy atom. The number of nitrogens with two attached hydrogens (primary N) is 2. The minimum absolute atomic E-state index is 0.157. The molecule has 0 aliphatic carbocycles. The van der Waals surface area contributed by atoms with Gasteiger partial charge in [-0.2, -0.15) is 20.4 Å². The van der Waals surface area contributed by atoms with Crippen LogP contribution in [0.25, 0.3) is 0 Å². The van der Waals surface area contributed by atoms with Crippen LogP contribution >= 0.6 is 0 Å². The smallest absolute Gasteiger partial charge is 0.337 e. The number of hydrazine groups is 1. The molecule has 14 heteroatoms. The molecule has 0 bridgehead atoms. The highest BCUT2D eigenvalue weighted by molar-refractivity contribution is 5.93. The zero-order chi connectivity index (χ0) is 25.1. The Balaban J connectivity index is 1.44. The fourth-order valence-corrected chi connectivity index (χ4v) is 3.87. The zero-order valence-electron chi connectivity index (χ0n) is 18.8. The molecule has 1 unspecified atom stereocenters. The standard InChI is InChI=1S/C21H23F2N11O/c1-13(30-25)33(26)19-17(23)12-27-20(29-19)31-4-6-32(7-5-31)21(35)34-18(2-3-28-34)15-8-14(11-24)9-16(22)10-15/h3,8-10,12,18H,2,4-7,25-26H2,1H3/b30-13-. The van der Waals surface area contributed by atoms with Crippen molar-refractivity contribution in [2.45, 2.75) is 19.4 Å². The van der Waals surface area contributed by atoms with E-state index >= 15 is 0 Å². The van der Waals surface area contributed by atoms with E-state index in [4.69, 9.17) is 16.9 Å². The minimum atomic E-state index is -0.733. The highest BCUT2D eigenvalue weighted by Crippen LogP contribution is 2.31. The van der Waals surface area contributed by atoms with Crippen LogP contribution in [0.4, 0.5) is 25.3 Å². The van der Waals surface area contributed by atoms with E-state index in [2.05, 4.69) is 20.2 Å². The van der Waals surface area contributed by atoms with E-state index in [0.717, 1.165) is 17.3 Å². The van der Waals surface area contributed by atoms with Crippen LogP contribution in [0.1, 0.15) is 30.5 Å². The fourth-order valence-electron chi connectivity index (χ4n) is 3.87. The lowest BCUT2D eigenvalue weighted by Crippen LogP contribution is -2.52. The van der Waals surface area contributed by atoms with E-state index in [1.54, 1.807) is 22.1 Å². The maximum absolute atomic E-state index is 14.2. The van der Waals surface area contributed by atoms with Gasteiger partial charge in [0.25, 0.3) is 0 Å². The highest BCUT2D eigenvalue weighted by atomic mass is 19.1. The molecule has 1 saturated heterocycles. The quantitative estimate of drug-likeness (QED) is 0.286. The van der Waals surface area contributed by atoms with Crippen LogP contribution in [0.2, 0.25) is 0 Å². The topological polar surface area (TPSA) is 156 Å². The first-order valence-corrected chi connectivity index (χ1v) is 10.7. The lowest BCUT2D eigenvalue weighted by molar-refractivity contribution is 0.139. The number of hydrazone groups is 2. The van der Waals surface area contributed by atoms with Crippen LogP contribution in [0.15, 0.2) is 34.6 Å². The van der Waals surface area contributed by atoms with Gasteiger partial charge in [0.1, 0.15) is 11.7 Å². The van der Waals surface area contributed by atoms with Gasteiger partial charge in [-0.1, -0.05) is 0 Å². The van der Waals surface area contributed by atoms with Crippen molar-refractivity contribution in [2.75, 3.05) is 36.1 Å². The molecule has 1 fully saturated rings. The van der Waals surface area contributed by atoms with Gasteiger partial charge in [0.05, 0.1) is 23.9 Å². The normalized spacial score (nSPS) is 18.1. The molecule has 4 rings (SSSR count). The minimum Gasteiger partial charge on any atom is -0.337 e. The van der Waals surface area contributed by atoms with Gasteiger partial charge < -0.3 is 15.6 Å². The van der Waals surface area contributed by atoms with Crippen LogP contribution in [0, 0.1) is 23.0 Å². The van der Waals surface area contributed by atoms with Crippen molar-refractivity contribution in [2.24, 2.45) is 21.9 Å². The molecule has 1 aromatic carbocycles. The van der Waals surface area contributed by atoms with E-state index < -0.39 is 17.7 Å². The van der Waals surface area contributed by atoms with E-state index in [0.29, 0.717) is 38.2 Å². The van der Waals surface area contributed by atoms with E-state index in [-0.39, 0.29) is 29.2 Å². The Bertz CT molecular complexity index is 1220. The number of amides is 2. The fraction of sp³-hybridized carbons (Fsp3) is 0.333. The lowest BCUT2D eigenvalue weighted by atomic mass is 10.0. The summed E-state index contributed by atoms with van der Waals surface area (Å²) in [6.45, 7) is 2.93. The SMILES string of the molecule is C/C(=N/N)N(N)c1nc(N2CCN(C(=O)N3N=CCC3c3cc(F)cc(C#N)c3)CC2)ncc1F. The van der Waals surface area contributed by atoms with Gasteiger partial charge in [-0.15, -0.1) is 0 Å². The molecule has 1 atom stereocenters. The molecule has 2 aliphatic rings. The number of aromatic nitrogens is 2. The molecule has 0 spiro atoms. The molecule has 182 valence electrons. The van der Waals surface area contributed by atoms with Crippen LogP contribution in [-0.2, 0) is 0 Å². The summed E-state index contributed by atoms with van der Waals surface area (Å²) < 4.78 is 28.2. The van der Waals surface area contributed by atoms with Gasteiger partial charge in [0, 0.05) is 38.8 Å². The number of carbonyl (C=O) groups excluding carboxylic acids is 1. The van der Waals surface area contributed by atoms with Gasteiger partial charge in [0.15, 0.2) is 11.6 Å². The number of halogens is 2. The summed E-state index contributed by atoms with van der Waals surface area (Å²) >= 11 is 0. The monoisotopic (exact) mass is 483 g/mol. The molecular weight excluding hydrogens is 460 g/mol. The van der Waals surface area contributed by atoms with Crippen molar-refractivity contribution < 1.29 is 13.6 Å². The molecule has 2 aliphatic heterocycles. The Labute approximate surface area is 199 Å². The van der Waals surface area contributed by atoms with Crippen LogP contribution in [-0.4, -0.2) is 64.1 Å². The Hall–Kier alpha value is -4.38. The zero-order valence-corrected chi connectivity index (χ0v) is 18.8. The van der Waals surface area contributed by atoms with Crippen molar-refractivity contribution in [1.82, 2.24) is 19.9 Å². The highest BCUT2D eigenvalue weighted by Gasteiger charge is 2.34. The second-order valence-corrected chi connectivity index (χ2v) is 7.92. The van der Waals surface area contributed by atoms with Crippen molar-refractivity contribution in [3.05, 3.63) is 47.2 Å². The maximum Gasteiger partial charge on any atom is 0.341 e. The molecule has 3 heterocycles. The Morgan fingerprint density at radius 2 is 2.00 bits per heavy atom. The van der Waals surface area contributed by atoms with Gasteiger partial charge in [-0.3, -0.25) is 0 Å². The number of benzene rings is 1. The van der Waals surface area contributed by atoms with Gasteiger partial charge in [0.2, 0.25) is 5.95 Å². The molecular formula is C21H23F2N11O. The molecule has 35 heavy (non-hydrogen) atoms. The second kappa shape index (κ2) is 9.85. The van der Waals surface area contributed by atoms with Crippen LogP contribution in [0.3, 0.4) is 0 Å². The molecule has 12 nitrogen and oxygen atoms in total. The van der Waals surface area contributed by atoms with Crippen LogP contribution < -0.4 is 21.6 Å². The summed E-state index contributed by atoms with van der Waals surface area (Å²) in [5.74, 6) is 9.98. The molecule has 0 saturated carbocycles. The van der Waals surface area contributed by atoms with Gasteiger partial charge in [-0.25, -0.2) is 34.4 Å². The number of anilines is 2. The van der Waals surface area contributed by atoms with Gasteiger partial charge in [-0.05, 0) is 30.7 Å². The third kappa shape index (κ3) is 4.80. The third-order valence-electron chi connectivity index (χ3n) is 5.77. The summed E-state index contributed by atoms with van der Waals surface area (Å²) in [6.07, 6.45) is 3.01. The summed E-state index contributed by atoms with van der Waals surface area (Å²) in [4.78, 5) is 24.8. The average Bonchev–Trinajstić information content (AvgIpc) is 3.37. The van der Waals surface area contributed by atoms with Crippen LogP contribution in [0.5, 0.6) is 0 Å². The maximum atomic E-state index is 14.2. The van der Waals surface area contributed by atoms with Crippen molar-refractivity contribution in [1.29, 1.82) is 5.26 Å². The Morgan fingerprint density at radius 3 is 2.69 bits per heavy atom. The lowest BCUT2D eigenvalue weighted by Gasteiger charge is -2.37. The Kier molecular flexibility index (Phi) is 6.69. The summed E-state index contributed by atoms with van der Waals surface area (Å²) in [5, 5.41) is 19.0. The van der Waals surface area contributed by atoms with Gasteiger partial charge >= 0.3 is 6.03 Å². The van der Waals surface area contributed by atoms with Crippen molar-refractivity contribution >= 4 is 29.8 Å². The first-order valence-electron chi connectivity index (χ1n) is 10.7. The first kappa shape index (κ1) is 23.8. The number of nitriles is 1. The second-order valence-electron chi connectivity index (χ2n) is 7.92. The summed E-state index contributed by atoms with van der Waals surface area (Å²) in [6, 6.07) is 5.08. The number of carbonyl (C=O) groups is 1. The molecule has 4 N–H and O–H groups in total. The van der Waals surface area contributed by atoms with Crippen molar-refractivity contribution in [3.8, 4) is 6.07 Å². The number of amidine groups is 1. The number of urea groups is 1. The predicted octanol–water partition coefficient (Wildman–Crippen LogP) is 1.27. The first-order chi connectivity index (χ1) is 16.8. The molecule has 1 aromatic heterocycles. The summed E-state index contributed by atoms with van der Waals surface area (Å²) in [5.41, 5.74) is 0.677. The molecule has 0 radical (unpaired) electrons. The number of piperazine rings is 1. The number of rotatable bonds is 3. The van der Waals surface area contributed by atoms with Crippen molar-refractivity contribution in [3.63, 3.8) is 0 Å². The van der Waals surface area contributed by atoms with E-state index in [1.165, 1.54) is 18.0 Å². The van der Waals surface area contributed by atoms with E-state index in [9.17, 15) is 13.6 Å². The summed E-state index contributed by atoms with van der Waals surface area (Å²) in [7, 11) is 0. The molecule has 2 amide bonds. The number of hydrogen-bond donors (Lipinski definition) is 2. The average molecular weight is 483 g/mol. The van der Waals surface area contributed by atoms with E-state index in [1.807, 2.05) is 6.07 Å².